The molecule has 1 heterocycles. The Kier molecular flexibility index (Phi) is 3.17. The molecule has 0 aliphatic rings. The first kappa shape index (κ1) is 11.3. The summed E-state index contributed by atoms with van der Waals surface area (Å²) in [7, 11) is 0. The molecule has 4 nitrogen and oxygen atoms in total. The average molecular weight is 232 g/mol. The number of nitrogens with zero attached hydrogens (tertiary/aromatic N) is 2. The molecular weight excluding hydrogens is 228 g/mol. The van der Waals surface area contributed by atoms with Crippen LogP contribution < -0.4 is 5.73 Å². The van der Waals surface area contributed by atoms with Crippen molar-refractivity contribution in [2.75, 3.05) is 5.73 Å². The molecule has 0 bridgehead atoms. The van der Waals surface area contributed by atoms with E-state index >= 15 is 0 Å². The summed E-state index contributed by atoms with van der Waals surface area (Å²) in [5.74, 6) is 0. The van der Waals surface area contributed by atoms with Gasteiger partial charge in [-0.2, -0.15) is 5.26 Å². The van der Waals surface area contributed by atoms with Gasteiger partial charge < -0.3 is 5.73 Å². The zero-order valence-electron chi connectivity index (χ0n) is 7.17. The topological polar surface area (TPSA) is 79.8 Å². The Labute approximate surface area is 88.3 Å². The maximum absolute atomic E-state index is 12.4. The second kappa shape index (κ2) is 4.19. The van der Waals surface area contributed by atoms with Gasteiger partial charge >= 0.3 is 0 Å². The van der Waals surface area contributed by atoms with Crippen LogP contribution in [0.25, 0.3) is 0 Å². The summed E-state index contributed by atoms with van der Waals surface area (Å²) in [6.45, 7) is 0. The number of halogens is 3. The van der Waals surface area contributed by atoms with Crippen molar-refractivity contribution in [3.8, 4) is 6.07 Å². The summed E-state index contributed by atoms with van der Waals surface area (Å²) < 4.78 is 24.8. The third-order valence-corrected chi connectivity index (χ3v) is 1.83. The highest BCUT2D eigenvalue weighted by molar-refractivity contribution is 6.67. The quantitative estimate of drug-likeness (QED) is 0.788. The summed E-state index contributed by atoms with van der Waals surface area (Å²) in [5.41, 5.74) is 3.34. The molecule has 0 aliphatic carbocycles. The highest BCUT2D eigenvalue weighted by Gasteiger charge is 2.19. The highest BCUT2D eigenvalue weighted by Crippen LogP contribution is 2.27. The van der Waals surface area contributed by atoms with Crippen LogP contribution in [0.2, 0.25) is 0 Å². The van der Waals surface area contributed by atoms with Gasteiger partial charge in [-0.1, -0.05) is 0 Å². The Balaban J connectivity index is 3.47. The number of carbonyl (C=O) groups excluding carboxylic acids is 1. The summed E-state index contributed by atoms with van der Waals surface area (Å²) in [6, 6.07) is 2.28. The van der Waals surface area contributed by atoms with Gasteiger partial charge in [-0.05, 0) is 17.7 Å². The van der Waals surface area contributed by atoms with Gasteiger partial charge in [0.1, 0.15) is 11.8 Å². The van der Waals surface area contributed by atoms with Gasteiger partial charge in [-0.3, -0.25) is 4.79 Å². The second-order valence-corrected chi connectivity index (χ2v) is 2.89. The number of anilines is 1. The molecule has 1 aromatic heterocycles. The van der Waals surface area contributed by atoms with E-state index in [2.05, 4.69) is 4.98 Å². The van der Waals surface area contributed by atoms with Gasteiger partial charge in [0, 0.05) is 5.56 Å². The first-order valence-corrected chi connectivity index (χ1v) is 4.03. The van der Waals surface area contributed by atoms with Crippen molar-refractivity contribution < 1.29 is 13.6 Å². The van der Waals surface area contributed by atoms with Crippen LogP contribution in [-0.4, -0.2) is 10.2 Å². The maximum Gasteiger partial charge on any atom is 0.270 e. The number of alkyl halides is 2. The zero-order chi connectivity index (χ0) is 11.6. The molecule has 2 N–H and O–H groups in total. The van der Waals surface area contributed by atoms with E-state index in [0.29, 0.717) is 0 Å². The Morgan fingerprint density at radius 1 is 1.67 bits per heavy atom. The number of carbonyl (C=O) groups is 1. The fourth-order valence-electron chi connectivity index (χ4n) is 0.941. The van der Waals surface area contributed by atoms with E-state index in [1.807, 2.05) is 0 Å². The number of hydrogen-bond donors (Lipinski definition) is 1. The summed E-state index contributed by atoms with van der Waals surface area (Å²) in [5, 5.41) is 7.52. The first-order valence-electron chi connectivity index (χ1n) is 3.66. The van der Waals surface area contributed by atoms with E-state index in [-0.39, 0.29) is 0 Å². The number of aromatic nitrogens is 1. The minimum absolute atomic E-state index is 0.419. The molecule has 0 aliphatic heterocycles. The fraction of sp³-hybridized carbons (Fsp3) is 0.125. The summed E-state index contributed by atoms with van der Waals surface area (Å²) in [6.07, 6.45) is -2.89. The van der Waals surface area contributed by atoms with Crippen LogP contribution in [0.3, 0.4) is 0 Å². The Bertz CT molecular complexity index is 456. The molecule has 1 rings (SSSR count). The number of nitriles is 1. The first-order chi connectivity index (χ1) is 6.97. The van der Waals surface area contributed by atoms with E-state index in [9.17, 15) is 13.6 Å². The molecule has 78 valence electrons. The lowest BCUT2D eigenvalue weighted by Gasteiger charge is -2.06. The lowest BCUT2D eigenvalue weighted by Crippen LogP contribution is -2.05. The maximum atomic E-state index is 12.4. The number of pyridine rings is 1. The van der Waals surface area contributed by atoms with Gasteiger partial charge in [0.25, 0.3) is 11.7 Å². The van der Waals surface area contributed by atoms with Crippen LogP contribution in [0.15, 0.2) is 6.07 Å². The minimum Gasteiger partial charge on any atom is -0.396 e. The van der Waals surface area contributed by atoms with Gasteiger partial charge in [-0.25, -0.2) is 13.8 Å². The van der Waals surface area contributed by atoms with Crippen LogP contribution in [0.4, 0.5) is 14.5 Å². The molecule has 0 saturated heterocycles. The molecule has 0 spiro atoms. The van der Waals surface area contributed by atoms with Crippen LogP contribution in [0, 0.1) is 11.3 Å². The highest BCUT2D eigenvalue weighted by atomic mass is 35.5. The fourth-order valence-corrected chi connectivity index (χ4v) is 1.04. The molecule has 7 heteroatoms. The molecule has 0 aromatic carbocycles. The third-order valence-electron chi connectivity index (χ3n) is 1.63. The Morgan fingerprint density at radius 3 is 2.67 bits per heavy atom. The van der Waals surface area contributed by atoms with E-state index in [4.69, 9.17) is 22.6 Å². The van der Waals surface area contributed by atoms with Crippen molar-refractivity contribution in [1.29, 1.82) is 5.26 Å². The molecule has 0 radical (unpaired) electrons. The molecule has 1 aromatic rings. The number of nitrogens with two attached hydrogens (primary N) is 1. The van der Waals surface area contributed by atoms with Crippen LogP contribution in [0.1, 0.15) is 28.2 Å². The average Bonchev–Trinajstić information content (AvgIpc) is 2.17. The molecule has 0 fully saturated rings. The molecule has 0 atom stereocenters. The van der Waals surface area contributed by atoms with Crippen LogP contribution in [0.5, 0.6) is 0 Å². The van der Waals surface area contributed by atoms with Crippen molar-refractivity contribution in [1.82, 2.24) is 4.98 Å². The Hall–Kier alpha value is -1.74. The van der Waals surface area contributed by atoms with E-state index in [1.54, 1.807) is 0 Å². The number of hydrogen-bond acceptors (Lipinski definition) is 4. The van der Waals surface area contributed by atoms with E-state index < -0.39 is 34.3 Å². The molecule has 0 amide bonds. The van der Waals surface area contributed by atoms with Gasteiger partial charge in [0.05, 0.1) is 5.69 Å². The normalized spacial score (nSPS) is 10.1. The lowest BCUT2D eigenvalue weighted by atomic mass is 10.1. The zero-order valence-corrected chi connectivity index (χ0v) is 7.92. The van der Waals surface area contributed by atoms with Crippen molar-refractivity contribution in [3.05, 3.63) is 23.0 Å². The third kappa shape index (κ3) is 2.19. The molecule has 15 heavy (non-hydrogen) atoms. The van der Waals surface area contributed by atoms with Crippen molar-refractivity contribution >= 4 is 22.5 Å². The monoisotopic (exact) mass is 231 g/mol. The van der Waals surface area contributed by atoms with Gasteiger partial charge in [-0.15, -0.1) is 0 Å². The molecule has 0 saturated carbocycles. The van der Waals surface area contributed by atoms with Gasteiger partial charge in [0.15, 0.2) is 5.69 Å². The van der Waals surface area contributed by atoms with Crippen LogP contribution in [-0.2, 0) is 0 Å². The Morgan fingerprint density at radius 2 is 2.27 bits per heavy atom. The largest absolute Gasteiger partial charge is 0.396 e. The number of rotatable bonds is 2. The van der Waals surface area contributed by atoms with E-state index in [0.717, 1.165) is 6.07 Å². The second-order valence-electron chi connectivity index (χ2n) is 2.55. The van der Waals surface area contributed by atoms with Gasteiger partial charge in [0.2, 0.25) is 0 Å². The summed E-state index contributed by atoms with van der Waals surface area (Å²) >= 11 is 5.06. The van der Waals surface area contributed by atoms with Crippen molar-refractivity contribution in [3.63, 3.8) is 0 Å². The lowest BCUT2D eigenvalue weighted by molar-refractivity contribution is 0.107. The minimum atomic E-state index is -2.89. The van der Waals surface area contributed by atoms with Crippen molar-refractivity contribution in [2.24, 2.45) is 0 Å². The van der Waals surface area contributed by atoms with Crippen molar-refractivity contribution in [2.45, 2.75) is 6.43 Å². The summed E-state index contributed by atoms with van der Waals surface area (Å²) in [4.78, 5) is 14.1. The standard InChI is InChI=1S/C8H4ClF2N3O/c9-7(15)4-1-3(8(10)11)6(13)5(2-12)14-4/h1,8H,13H2. The predicted octanol–water partition coefficient (Wildman–Crippen LogP) is 1.85. The molecule has 0 unspecified atom stereocenters. The van der Waals surface area contributed by atoms with E-state index in [1.165, 1.54) is 6.07 Å². The smallest absolute Gasteiger partial charge is 0.270 e. The van der Waals surface area contributed by atoms with Crippen LogP contribution >= 0.6 is 11.6 Å². The predicted molar refractivity (Wildman–Crippen MR) is 48.5 cm³/mol. The molecular formula is C8H4ClF2N3O. The SMILES string of the molecule is N#Cc1nc(C(=O)Cl)cc(C(F)F)c1N. The number of nitrogen functional groups attached to an aromatic ring is 1.